The maximum absolute atomic E-state index is 13.9. The Morgan fingerprint density at radius 3 is 2.66 bits per heavy atom. The molecule has 3 aliphatic heterocycles. The monoisotopic (exact) mass is 479 g/mol. The van der Waals surface area contributed by atoms with Gasteiger partial charge in [0.15, 0.2) is 0 Å². The number of nitrogens with zero attached hydrogens (tertiary/aromatic N) is 6. The van der Waals surface area contributed by atoms with E-state index in [1.54, 1.807) is 12.4 Å². The summed E-state index contributed by atoms with van der Waals surface area (Å²) in [6.07, 6.45) is 8.40. The van der Waals surface area contributed by atoms with Gasteiger partial charge in [0.25, 0.3) is 0 Å². The lowest BCUT2D eigenvalue weighted by Crippen LogP contribution is -2.42. The molecule has 1 aromatic heterocycles. The Morgan fingerprint density at radius 1 is 1.09 bits per heavy atom. The lowest BCUT2D eigenvalue weighted by atomic mass is 9.94. The smallest absolute Gasteiger partial charge is 0.126 e. The van der Waals surface area contributed by atoms with E-state index in [0.717, 1.165) is 63.2 Å². The number of piperidine rings is 1. The third-order valence-corrected chi connectivity index (χ3v) is 7.72. The molecule has 2 aromatic rings. The van der Waals surface area contributed by atoms with Crippen molar-refractivity contribution in [3.05, 3.63) is 41.6 Å². The average molecular weight is 480 g/mol. The molecule has 7 nitrogen and oxygen atoms in total. The maximum atomic E-state index is 13.9. The van der Waals surface area contributed by atoms with Crippen LogP contribution in [0.5, 0.6) is 0 Å². The van der Waals surface area contributed by atoms with Crippen molar-refractivity contribution in [2.45, 2.75) is 52.0 Å². The molecule has 3 aliphatic rings. The fourth-order valence-corrected chi connectivity index (χ4v) is 5.35. The number of hydrogen-bond donors (Lipinski definition) is 1. The second kappa shape index (κ2) is 11.0. The lowest BCUT2D eigenvalue weighted by Gasteiger charge is -2.36. The molecule has 4 heterocycles. The summed E-state index contributed by atoms with van der Waals surface area (Å²) >= 11 is 0. The van der Waals surface area contributed by atoms with Crippen LogP contribution >= 0.6 is 0 Å². The molecule has 0 bridgehead atoms. The van der Waals surface area contributed by atoms with Crippen molar-refractivity contribution in [2.75, 3.05) is 45.9 Å². The highest BCUT2D eigenvalue weighted by Gasteiger charge is 2.28. The fraction of sp³-hybridized carbons (Fsp3) is 0.593. The molecule has 1 atom stereocenters. The van der Waals surface area contributed by atoms with Gasteiger partial charge in [-0.25, -0.2) is 14.4 Å². The van der Waals surface area contributed by atoms with Gasteiger partial charge in [-0.2, -0.15) is 0 Å². The van der Waals surface area contributed by atoms with Crippen molar-refractivity contribution in [1.29, 1.82) is 0 Å². The van der Waals surface area contributed by atoms with Gasteiger partial charge in [0.1, 0.15) is 23.8 Å². The predicted octanol–water partition coefficient (Wildman–Crippen LogP) is 3.90. The van der Waals surface area contributed by atoms with Crippen LogP contribution in [0.4, 0.5) is 4.39 Å². The van der Waals surface area contributed by atoms with Crippen molar-refractivity contribution >= 4 is 12.2 Å². The molecule has 0 spiro atoms. The summed E-state index contributed by atoms with van der Waals surface area (Å²) in [5.41, 5.74) is 2.61. The molecular weight excluding hydrogens is 441 g/mol. The molecule has 35 heavy (non-hydrogen) atoms. The number of imidazole rings is 1. The normalized spacial score (nSPS) is 24.7. The Hall–Kier alpha value is -2.58. The molecule has 2 saturated heterocycles. The largest absolute Gasteiger partial charge is 0.360 e. The molecule has 0 saturated carbocycles. The Kier molecular flexibility index (Phi) is 7.58. The van der Waals surface area contributed by atoms with E-state index in [1.807, 2.05) is 19.1 Å². The van der Waals surface area contributed by atoms with Gasteiger partial charge in [0, 0.05) is 49.8 Å². The number of hydrogen-bond acceptors (Lipinski definition) is 6. The molecule has 1 N–H and O–H groups in total. The SMILES string of the molecule is Cc1cc(-c2cn(CCN3CCC3)c(C3CCN(/C4=N/C=N\CNCCC4C)CC3)n2)ccc1F. The average Bonchev–Trinajstić information content (AvgIpc) is 3.29. The second-order valence-corrected chi connectivity index (χ2v) is 10.2. The van der Waals surface area contributed by atoms with Crippen LogP contribution in [0.1, 0.15) is 49.9 Å². The number of rotatable bonds is 5. The minimum atomic E-state index is -0.165. The van der Waals surface area contributed by atoms with Crippen molar-refractivity contribution in [3.8, 4) is 11.3 Å². The van der Waals surface area contributed by atoms with Gasteiger partial charge in [0.05, 0.1) is 12.4 Å². The molecule has 1 aromatic carbocycles. The Bertz CT molecular complexity index is 1060. The highest BCUT2D eigenvalue weighted by atomic mass is 19.1. The number of nitrogens with one attached hydrogen (secondary N) is 1. The minimum Gasteiger partial charge on any atom is -0.360 e. The first-order valence-electron chi connectivity index (χ1n) is 13.2. The zero-order valence-electron chi connectivity index (χ0n) is 21.1. The van der Waals surface area contributed by atoms with E-state index >= 15 is 0 Å². The zero-order valence-corrected chi connectivity index (χ0v) is 21.1. The summed E-state index contributed by atoms with van der Waals surface area (Å²) in [6.45, 7) is 12.1. The molecule has 0 radical (unpaired) electrons. The third kappa shape index (κ3) is 5.64. The van der Waals surface area contributed by atoms with Crippen LogP contribution in [0.15, 0.2) is 34.4 Å². The molecule has 1 unspecified atom stereocenters. The molecule has 0 aliphatic carbocycles. The van der Waals surface area contributed by atoms with E-state index in [0.29, 0.717) is 24.1 Å². The van der Waals surface area contributed by atoms with Crippen LogP contribution in [0.3, 0.4) is 0 Å². The lowest BCUT2D eigenvalue weighted by molar-refractivity contribution is 0.173. The quantitative estimate of drug-likeness (QED) is 0.707. The van der Waals surface area contributed by atoms with E-state index in [9.17, 15) is 4.39 Å². The van der Waals surface area contributed by atoms with Crippen LogP contribution in [0.25, 0.3) is 11.3 Å². The summed E-state index contributed by atoms with van der Waals surface area (Å²) in [4.78, 5) is 19.2. The molecule has 8 heteroatoms. The van der Waals surface area contributed by atoms with Crippen molar-refractivity contribution in [2.24, 2.45) is 15.9 Å². The first kappa shape index (κ1) is 24.1. The van der Waals surface area contributed by atoms with Crippen LogP contribution in [0, 0.1) is 18.7 Å². The van der Waals surface area contributed by atoms with Gasteiger partial charge in [0.2, 0.25) is 0 Å². The highest BCUT2D eigenvalue weighted by molar-refractivity contribution is 5.90. The highest BCUT2D eigenvalue weighted by Crippen LogP contribution is 2.31. The molecule has 2 fully saturated rings. The van der Waals surface area contributed by atoms with Crippen molar-refractivity contribution in [3.63, 3.8) is 0 Å². The van der Waals surface area contributed by atoms with Gasteiger partial charge in [-0.05, 0) is 76.0 Å². The number of aliphatic imine (C=N–C) groups is 2. The summed E-state index contributed by atoms with van der Waals surface area (Å²) in [7, 11) is 0. The second-order valence-electron chi connectivity index (χ2n) is 10.2. The van der Waals surface area contributed by atoms with Gasteiger partial charge < -0.3 is 14.4 Å². The first-order valence-corrected chi connectivity index (χ1v) is 13.2. The summed E-state index contributed by atoms with van der Waals surface area (Å²) in [5.74, 6) is 3.01. The first-order chi connectivity index (χ1) is 17.1. The number of amidine groups is 1. The number of benzene rings is 1. The van der Waals surface area contributed by atoms with Crippen LogP contribution < -0.4 is 5.32 Å². The standard InChI is InChI=1S/C27H38FN7/c1-20-6-9-29-18-30-19-31-26(20)34-12-7-22(8-13-34)27-32-25(23-4-5-24(28)21(2)16-23)17-35(27)15-14-33-10-3-11-33/h4-5,16-17,19-20,22,29H,3,6-15,18H2,1-2H3/b30-19-,31-26+. The Labute approximate surface area is 208 Å². The summed E-state index contributed by atoms with van der Waals surface area (Å²) < 4.78 is 16.2. The van der Waals surface area contributed by atoms with Crippen molar-refractivity contribution in [1.82, 2.24) is 24.7 Å². The van der Waals surface area contributed by atoms with Gasteiger partial charge in [-0.3, -0.25) is 10.3 Å². The van der Waals surface area contributed by atoms with E-state index in [1.165, 1.54) is 31.2 Å². The predicted molar refractivity (Wildman–Crippen MR) is 140 cm³/mol. The Balaban J connectivity index is 1.33. The van der Waals surface area contributed by atoms with Gasteiger partial charge in [-0.1, -0.05) is 6.92 Å². The number of likely N-dealkylation sites (tertiary alicyclic amines) is 2. The maximum Gasteiger partial charge on any atom is 0.126 e. The third-order valence-electron chi connectivity index (χ3n) is 7.72. The molecular formula is C27H38FN7. The topological polar surface area (TPSA) is 61.0 Å². The van der Waals surface area contributed by atoms with Gasteiger partial charge >= 0.3 is 0 Å². The van der Waals surface area contributed by atoms with Crippen LogP contribution in [0.2, 0.25) is 0 Å². The van der Waals surface area contributed by atoms with E-state index in [-0.39, 0.29) is 5.82 Å². The van der Waals surface area contributed by atoms with Crippen molar-refractivity contribution < 1.29 is 4.39 Å². The molecule has 188 valence electrons. The fourth-order valence-electron chi connectivity index (χ4n) is 5.35. The number of aryl methyl sites for hydroxylation is 1. The number of aromatic nitrogens is 2. The van der Waals surface area contributed by atoms with Crippen LogP contribution in [-0.2, 0) is 6.54 Å². The van der Waals surface area contributed by atoms with Crippen LogP contribution in [-0.4, -0.2) is 77.5 Å². The van der Waals surface area contributed by atoms with E-state index in [4.69, 9.17) is 9.98 Å². The zero-order chi connectivity index (χ0) is 24.2. The molecule has 5 rings (SSSR count). The summed E-state index contributed by atoms with van der Waals surface area (Å²) in [6, 6.07) is 5.32. The Morgan fingerprint density at radius 2 is 1.91 bits per heavy atom. The molecule has 0 amide bonds. The van der Waals surface area contributed by atoms with E-state index < -0.39 is 0 Å². The minimum absolute atomic E-state index is 0.165. The van der Waals surface area contributed by atoms with Gasteiger partial charge in [-0.15, -0.1) is 0 Å². The summed E-state index contributed by atoms with van der Waals surface area (Å²) in [5, 5.41) is 3.34. The number of halogens is 1. The van der Waals surface area contributed by atoms with E-state index in [2.05, 4.69) is 37.8 Å².